The number of carbonyl (C=O) groups excluding carboxylic acids is 1. The van der Waals surface area contributed by atoms with Crippen LogP contribution in [-0.2, 0) is 14.6 Å². The molecule has 1 atom stereocenters. The van der Waals surface area contributed by atoms with Crippen molar-refractivity contribution < 1.29 is 22.0 Å². The van der Waals surface area contributed by atoms with Gasteiger partial charge in [-0.15, -0.1) is 0 Å². The van der Waals surface area contributed by atoms with Crippen molar-refractivity contribution in [3.63, 3.8) is 0 Å². The predicted molar refractivity (Wildman–Crippen MR) is 76.7 cm³/mol. The summed E-state index contributed by atoms with van der Waals surface area (Å²) in [5.41, 5.74) is 0.265. The summed E-state index contributed by atoms with van der Waals surface area (Å²) in [5, 5.41) is 0. The minimum atomic E-state index is -3.14. The normalized spacial score (nSPS) is 13.0. The monoisotopic (exact) mass is 319 g/mol. The quantitative estimate of drug-likeness (QED) is 0.805. The smallest absolute Gasteiger partial charge is 0.222 e. The first-order valence-corrected chi connectivity index (χ1v) is 8.53. The number of hydrogen-bond acceptors (Lipinski definition) is 3. The van der Waals surface area contributed by atoms with Crippen LogP contribution >= 0.6 is 0 Å². The van der Waals surface area contributed by atoms with Gasteiger partial charge in [-0.05, 0) is 17.5 Å². The van der Waals surface area contributed by atoms with Gasteiger partial charge in [0, 0.05) is 32.3 Å². The van der Waals surface area contributed by atoms with E-state index in [1.54, 1.807) is 6.92 Å². The Morgan fingerprint density at radius 2 is 1.95 bits per heavy atom. The lowest BCUT2D eigenvalue weighted by Crippen LogP contribution is -2.32. The number of nitrogens with zero attached hydrogens (tertiary/aromatic N) is 1. The molecule has 0 aliphatic heterocycles. The first kappa shape index (κ1) is 17.6. The van der Waals surface area contributed by atoms with E-state index in [0.717, 1.165) is 18.4 Å². The van der Waals surface area contributed by atoms with Crippen molar-refractivity contribution in [2.75, 3.05) is 25.6 Å². The molecular formula is C14H19F2NO3S. The maximum Gasteiger partial charge on any atom is 0.222 e. The molecule has 0 fully saturated rings. The summed E-state index contributed by atoms with van der Waals surface area (Å²) in [6.45, 7) is 1.76. The third-order valence-electron chi connectivity index (χ3n) is 3.20. The summed E-state index contributed by atoms with van der Waals surface area (Å²) < 4.78 is 48.6. The number of amides is 1. The van der Waals surface area contributed by atoms with Gasteiger partial charge in [-0.25, -0.2) is 17.2 Å². The van der Waals surface area contributed by atoms with Crippen LogP contribution in [0.2, 0.25) is 0 Å². The van der Waals surface area contributed by atoms with E-state index < -0.39 is 27.4 Å². The molecule has 0 spiro atoms. The Morgan fingerprint density at radius 3 is 2.48 bits per heavy atom. The topological polar surface area (TPSA) is 54.5 Å². The maximum absolute atomic E-state index is 13.6. The second-order valence-electron chi connectivity index (χ2n) is 5.22. The Kier molecular flexibility index (Phi) is 5.83. The van der Waals surface area contributed by atoms with Crippen LogP contribution in [0.25, 0.3) is 0 Å². The van der Waals surface area contributed by atoms with Gasteiger partial charge in [0.15, 0.2) is 0 Å². The second-order valence-corrected chi connectivity index (χ2v) is 7.48. The molecule has 0 aromatic heterocycles. The number of sulfone groups is 1. The minimum absolute atomic E-state index is 0.0306. The van der Waals surface area contributed by atoms with Crippen LogP contribution < -0.4 is 0 Å². The van der Waals surface area contributed by atoms with E-state index in [-0.39, 0.29) is 30.2 Å². The first-order valence-electron chi connectivity index (χ1n) is 6.47. The van der Waals surface area contributed by atoms with Gasteiger partial charge in [0.25, 0.3) is 0 Å². The average Bonchev–Trinajstić information content (AvgIpc) is 2.34. The minimum Gasteiger partial charge on any atom is -0.345 e. The molecule has 0 N–H and O–H groups in total. The number of rotatable bonds is 6. The SMILES string of the molecule is CC(CC(=O)N(C)CCS(C)(=O)=O)c1ccc(F)cc1F. The number of benzene rings is 1. The molecule has 0 heterocycles. The summed E-state index contributed by atoms with van der Waals surface area (Å²) in [7, 11) is -1.64. The lowest BCUT2D eigenvalue weighted by molar-refractivity contribution is -0.130. The van der Waals surface area contributed by atoms with Gasteiger partial charge in [-0.1, -0.05) is 13.0 Å². The van der Waals surface area contributed by atoms with Crippen molar-refractivity contribution in [2.24, 2.45) is 0 Å². The highest BCUT2D eigenvalue weighted by atomic mass is 32.2. The van der Waals surface area contributed by atoms with Crippen molar-refractivity contribution >= 4 is 15.7 Å². The van der Waals surface area contributed by atoms with E-state index in [2.05, 4.69) is 0 Å². The third-order valence-corrected chi connectivity index (χ3v) is 4.12. The molecule has 0 radical (unpaired) electrons. The van der Waals surface area contributed by atoms with E-state index in [9.17, 15) is 22.0 Å². The maximum atomic E-state index is 13.6. The summed E-state index contributed by atoms with van der Waals surface area (Å²) in [5.74, 6) is -2.17. The Hall–Kier alpha value is -1.50. The zero-order valence-electron chi connectivity index (χ0n) is 12.3. The number of hydrogen-bond donors (Lipinski definition) is 0. The fourth-order valence-electron chi connectivity index (χ4n) is 1.86. The molecule has 118 valence electrons. The highest BCUT2D eigenvalue weighted by Gasteiger charge is 2.18. The highest BCUT2D eigenvalue weighted by Crippen LogP contribution is 2.23. The molecule has 7 heteroatoms. The zero-order chi connectivity index (χ0) is 16.2. The molecule has 1 amide bonds. The van der Waals surface area contributed by atoms with Crippen molar-refractivity contribution in [3.05, 3.63) is 35.4 Å². The van der Waals surface area contributed by atoms with E-state index >= 15 is 0 Å². The summed E-state index contributed by atoms with van der Waals surface area (Å²) in [4.78, 5) is 13.3. The zero-order valence-corrected chi connectivity index (χ0v) is 13.1. The van der Waals surface area contributed by atoms with Gasteiger partial charge >= 0.3 is 0 Å². The van der Waals surface area contributed by atoms with Crippen LogP contribution in [0, 0.1) is 11.6 Å². The third kappa shape index (κ3) is 5.79. The second kappa shape index (κ2) is 6.98. The number of carbonyl (C=O) groups is 1. The molecule has 21 heavy (non-hydrogen) atoms. The molecule has 0 bridgehead atoms. The van der Waals surface area contributed by atoms with Gasteiger partial charge in [0.2, 0.25) is 5.91 Å². The van der Waals surface area contributed by atoms with Crippen LogP contribution in [0.5, 0.6) is 0 Å². The Bertz CT molecular complexity index is 617. The average molecular weight is 319 g/mol. The lowest BCUT2D eigenvalue weighted by atomic mass is 9.96. The number of halogens is 2. The Morgan fingerprint density at radius 1 is 1.33 bits per heavy atom. The highest BCUT2D eigenvalue weighted by molar-refractivity contribution is 7.90. The Labute approximate surface area is 123 Å². The van der Waals surface area contributed by atoms with Crippen LogP contribution in [-0.4, -0.2) is 44.8 Å². The first-order chi connectivity index (χ1) is 9.60. The van der Waals surface area contributed by atoms with Gasteiger partial charge in [-0.3, -0.25) is 4.79 Å². The summed E-state index contributed by atoms with van der Waals surface area (Å²) in [6, 6.07) is 3.25. The van der Waals surface area contributed by atoms with Gasteiger partial charge in [-0.2, -0.15) is 0 Å². The molecular weight excluding hydrogens is 300 g/mol. The van der Waals surface area contributed by atoms with Gasteiger partial charge < -0.3 is 4.90 Å². The van der Waals surface area contributed by atoms with E-state index in [1.165, 1.54) is 18.0 Å². The van der Waals surface area contributed by atoms with Gasteiger partial charge in [0.1, 0.15) is 21.5 Å². The molecule has 0 saturated carbocycles. The fraction of sp³-hybridized carbons (Fsp3) is 0.500. The van der Waals surface area contributed by atoms with E-state index in [0.29, 0.717) is 0 Å². The van der Waals surface area contributed by atoms with Crippen molar-refractivity contribution in [1.29, 1.82) is 0 Å². The molecule has 1 rings (SSSR count). The molecule has 0 aliphatic carbocycles. The van der Waals surface area contributed by atoms with Crippen LogP contribution in [0.1, 0.15) is 24.8 Å². The Balaban J connectivity index is 2.65. The van der Waals surface area contributed by atoms with Crippen molar-refractivity contribution in [3.8, 4) is 0 Å². The largest absolute Gasteiger partial charge is 0.345 e. The molecule has 0 saturated heterocycles. The summed E-state index contributed by atoms with van der Waals surface area (Å²) >= 11 is 0. The predicted octanol–water partition coefficient (Wildman–Crippen LogP) is 1.96. The molecule has 1 aromatic rings. The van der Waals surface area contributed by atoms with Crippen LogP contribution in [0.3, 0.4) is 0 Å². The van der Waals surface area contributed by atoms with Crippen molar-refractivity contribution in [2.45, 2.75) is 19.3 Å². The fourth-order valence-corrected chi connectivity index (χ4v) is 2.46. The van der Waals surface area contributed by atoms with E-state index in [1.807, 2.05) is 0 Å². The summed E-state index contributed by atoms with van der Waals surface area (Å²) in [6.07, 6.45) is 1.13. The van der Waals surface area contributed by atoms with Crippen LogP contribution in [0.4, 0.5) is 8.78 Å². The molecule has 1 unspecified atom stereocenters. The molecule has 4 nitrogen and oxygen atoms in total. The molecule has 0 aliphatic rings. The van der Waals surface area contributed by atoms with E-state index in [4.69, 9.17) is 0 Å². The van der Waals surface area contributed by atoms with Gasteiger partial charge in [0.05, 0.1) is 5.75 Å². The van der Waals surface area contributed by atoms with Crippen molar-refractivity contribution in [1.82, 2.24) is 4.90 Å². The standard InChI is InChI=1S/C14H19F2NO3S/c1-10(12-5-4-11(15)9-13(12)16)8-14(18)17(2)6-7-21(3,19)20/h4-5,9-10H,6-8H2,1-3H3. The van der Waals surface area contributed by atoms with Crippen LogP contribution in [0.15, 0.2) is 18.2 Å². The molecule has 1 aromatic carbocycles. The lowest BCUT2D eigenvalue weighted by Gasteiger charge is -2.19.